The molecule has 1 saturated heterocycles. The molecule has 1 aliphatic heterocycles. The molecule has 0 spiro atoms. The predicted octanol–water partition coefficient (Wildman–Crippen LogP) is 4.31. The lowest BCUT2D eigenvalue weighted by Gasteiger charge is -2.37. The number of carbonyl (C=O) groups is 3. The number of benzene rings is 3. The summed E-state index contributed by atoms with van der Waals surface area (Å²) in [5, 5.41) is 12.3. The Morgan fingerprint density at radius 1 is 0.794 bits per heavy atom. The van der Waals surface area contributed by atoms with Gasteiger partial charge in [-0.25, -0.2) is 9.18 Å². The Bertz CT molecular complexity index is 1220. The molecule has 1 heterocycles. The highest BCUT2D eigenvalue weighted by molar-refractivity contribution is 6.08. The van der Waals surface area contributed by atoms with Crippen LogP contribution in [0.5, 0.6) is 0 Å². The number of anilines is 3. The molecule has 2 N–H and O–H groups in total. The van der Waals surface area contributed by atoms with Gasteiger partial charge in [0.25, 0.3) is 5.91 Å². The monoisotopic (exact) mass is 461 g/mol. The first kappa shape index (κ1) is 23.0. The first-order valence-electron chi connectivity index (χ1n) is 10.9. The van der Waals surface area contributed by atoms with Crippen molar-refractivity contribution in [1.82, 2.24) is 0 Å². The van der Waals surface area contributed by atoms with Crippen molar-refractivity contribution in [3.05, 3.63) is 89.2 Å². The molecule has 34 heavy (non-hydrogen) atoms. The van der Waals surface area contributed by atoms with Gasteiger partial charge >= 0.3 is 5.97 Å². The SMILES string of the molecule is CC(=O)c1ccc(N2CCN(c3ccc(NC(=O)c4ccc(F)cc4)c(C(=O)O)c3)CC2)cc1. The molecule has 0 atom stereocenters. The smallest absolute Gasteiger partial charge is 0.337 e. The molecule has 1 amide bonds. The van der Waals surface area contributed by atoms with E-state index in [4.69, 9.17) is 0 Å². The van der Waals surface area contributed by atoms with Crippen LogP contribution in [0.25, 0.3) is 0 Å². The molecule has 0 bridgehead atoms. The summed E-state index contributed by atoms with van der Waals surface area (Å²) in [6.45, 7) is 4.40. The van der Waals surface area contributed by atoms with Crippen LogP contribution in [0.15, 0.2) is 66.7 Å². The molecule has 0 aromatic heterocycles. The molecule has 8 heteroatoms. The summed E-state index contributed by atoms with van der Waals surface area (Å²) in [6, 6.07) is 17.5. The van der Waals surface area contributed by atoms with E-state index in [0.717, 1.165) is 24.5 Å². The van der Waals surface area contributed by atoms with Gasteiger partial charge in [0.2, 0.25) is 0 Å². The first-order chi connectivity index (χ1) is 16.3. The Kier molecular flexibility index (Phi) is 6.58. The highest BCUT2D eigenvalue weighted by atomic mass is 19.1. The van der Waals surface area contributed by atoms with E-state index >= 15 is 0 Å². The minimum absolute atomic E-state index is 0.0183. The van der Waals surface area contributed by atoms with Crippen molar-refractivity contribution >= 4 is 34.7 Å². The fourth-order valence-electron chi connectivity index (χ4n) is 3.94. The number of carboxylic acids is 1. The van der Waals surface area contributed by atoms with Crippen molar-refractivity contribution in [3.8, 4) is 0 Å². The summed E-state index contributed by atoms with van der Waals surface area (Å²) in [4.78, 5) is 40.1. The Hall–Kier alpha value is -4.20. The first-order valence-corrected chi connectivity index (χ1v) is 10.9. The number of amides is 1. The van der Waals surface area contributed by atoms with Crippen LogP contribution in [0.3, 0.4) is 0 Å². The maximum atomic E-state index is 13.1. The summed E-state index contributed by atoms with van der Waals surface area (Å²) in [7, 11) is 0. The van der Waals surface area contributed by atoms with Gasteiger partial charge in [-0.2, -0.15) is 0 Å². The number of ketones is 1. The van der Waals surface area contributed by atoms with Crippen LogP contribution in [0.4, 0.5) is 21.5 Å². The molecule has 1 fully saturated rings. The van der Waals surface area contributed by atoms with Crippen LogP contribution in [0.1, 0.15) is 38.0 Å². The average molecular weight is 461 g/mol. The van der Waals surface area contributed by atoms with E-state index in [1.54, 1.807) is 25.1 Å². The number of halogens is 1. The second-order valence-electron chi connectivity index (χ2n) is 8.07. The van der Waals surface area contributed by atoms with Gasteiger partial charge in [-0.3, -0.25) is 9.59 Å². The van der Waals surface area contributed by atoms with Crippen LogP contribution >= 0.6 is 0 Å². The van der Waals surface area contributed by atoms with Gasteiger partial charge < -0.3 is 20.2 Å². The normalized spacial score (nSPS) is 13.5. The highest BCUT2D eigenvalue weighted by Crippen LogP contribution is 2.26. The van der Waals surface area contributed by atoms with E-state index in [1.807, 2.05) is 24.3 Å². The summed E-state index contributed by atoms with van der Waals surface area (Å²) < 4.78 is 13.1. The lowest BCUT2D eigenvalue weighted by Crippen LogP contribution is -2.46. The number of aromatic carboxylic acids is 1. The molecule has 3 aromatic carbocycles. The van der Waals surface area contributed by atoms with Gasteiger partial charge in [-0.05, 0) is 73.7 Å². The number of nitrogens with zero attached hydrogens (tertiary/aromatic N) is 2. The fourth-order valence-corrected chi connectivity index (χ4v) is 3.94. The van der Waals surface area contributed by atoms with Gasteiger partial charge in [0.05, 0.1) is 11.3 Å². The molecule has 1 aliphatic rings. The van der Waals surface area contributed by atoms with Gasteiger partial charge in [0.1, 0.15) is 5.82 Å². The Balaban J connectivity index is 1.45. The number of Topliss-reactive ketones (excluding diaryl/α,β-unsaturated/α-hetero) is 1. The maximum Gasteiger partial charge on any atom is 0.337 e. The van der Waals surface area contributed by atoms with Gasteiger partial charge in [-0.1, -0.05) is 0 Å². The zero-order valence-corrected chi connectivity index (χ0v) is 18.6. The average Bonchev–Trinajstić information content (AvgIpc) is 2.84. The Labute approximate surface area is 196 Å². The van der Waals surface area contributed by atoms with Crippen molar-refractivity contribution in [2.45, 2.75) is 6.92 Å². The predicted molar refractivity (Wildman–Crippen MR) is 129 cm³/mol. The fraction of sp³-hybridized carbons (Fsp3) is 0.192. The Morgan fingerprint density at radius 3 is 1.88 bits per heavy atom. The van der Waals surface area contributed by atoms with Crippen LogP contribution in [0, 0.1) is 5.82 Å². The standard InChI is InChI=1S/C26H24FN3O4/c1-17(31)18-4-8-21(9-5-18)29-12-14-30(15-13-29)22-10-11-24(23(16-22)26(33)34)28-25(32)19-2-6-20(27)7-3-19/h2-11,16H,12-15H2,1H3,(H,28,32)(H,33,34). The van der Waals surface area contributed by atoms with E-state index in [0.29, 0.717) is 18.7 Å². The van der Waals surface area contributed by atoms with E-state index < -0.39 is 17.7 Å². The molecule has 0 saturated carbocycles. The second kappa shape index (κ2) is 9.74. The lowest BCUT2D eigenvalue weighted by atomic mass is 10.1. The largest absolute Gasteiger partial charge is 0.478 e. The molecular formula is C26H24FN3O4. The number of piperazine rings is 1. The van der Waals surface area contributed by atoms with Crippen molar-refractivity contribution in [2.75, 3.05) is 41.3 Å². The van der Waals surface area contributed by atoms with Crippen LogP contribution in [-0.2, 0) is 0 Å². The molecule has 7 nitrogen and oxygen atoms in total. The summed E-state index contributed by atoms with van der Waals surface area (Å²) >= 11 is 0. The molecule has 3 aromatic rings. The number of carboxylic acid groups (broad SMARTS) is 1. The quantitative estimate of drug-likeness (QED) is 0.532. The third kappa shape index (κ3) is 5.06. The number of hydrogen-bond acceptors (Lipinski definition) is 5. The van der Waals surface area contributed by atoms with Crippen LogP contribution < -0.4 is 15.1 Å². The number of hydrogen-bond donors (Lipinski definition) is 2. The number of carbonyl (C=O) groups excluding carboxylic acids is 2. The molecule has 174 valence electrons. The zero-order chi connectivity index (χ0) is 24.2. The summed E-state index contributed by atoms with van der Waals surface area (Å²) in [5.74, 6) is -2.09. The van der Waals surface area contributed by atoms with Crippen LogP contribution in [-0.4, -0.2) is 48.9 Å². The third-order valence-electron chi connectivity index (χ3n) is 5.87. The van der Waals surface area contributed by atoms with Crippen LogP contribution in [0.2, 0.25) is 0 Å². The number of nitrogens with one attached hydrogen (secondary N) is 1. The topological polar surface area (TPSA) is 90.0 Å². The molecule has 0 unspecified atom stereocenters. The van der Waals surface area contributed by atoms with Gasteiger partial charge in [-0.15, -0.1) is 0 Å². The van der Waals surface area contributed by atoms with Crippen molar-refractivity contribution < 1.29 is 23.9 Å². The lowest BCUT2D eigenvalue weighted by molar-refractivity contribution is 0.0697. The third-order valence-corrected chi connectivity index (χ3v) is 5.87. The second-order valence-corrected chi connectivity index (χ2v) is 8.07. The molecular weight excluding hydrogens is 437 g/mol. The van der Waals surface area contributed by atoms with E-state index in [9.17, 15) is 23.9 Å². The summed E-state index contributed by atoms with van der Waals surface area (Å²) in [6.07, 6.45) is 0. The number of rotatable bonds is 6. The van der Waals surface area contributed by atoms with E-state index in [-0.39, 0.29) is 22.6 Å². The minimum Gasteiger partial charge on any atom is -0.478 e. The maximum absolute atomic E-state index is 13.1. The van der Waals surface area contributed by atoms with Gasteiger partial charge in [0, 0.05) is 48.7 Å². The van der Waals surface area contributed by atoms with Crippen molar-refractivity contribution in [3.63, 3.8) is 0 Å². The van der Waals surface area contributed by atoms with Crippen molar-refractivity contribution in [1.29, 1.82) is 0 Å². The van der Waals surface area contributed by atoms with Gasteiger partial charge in [0.15, 0.2) is 5.78 Å². The minimum atomic E-state index is -1.15. The van der Waals surface area contributed by atoms with E-state index in [1.165, 1.54) is 24.3 Å². The van der Waals surface area contributed by atoms with E-state index in [2.05, 4.69) is 15.1 Å². The molecule has 0 radical (unpaired) electrons. The molecule has 0 aliphatic carbocycles. The summed E-state index contributed by atoms with van der Waals surface area (Å²) in [5.41, 5.74) is 2.85. The zero-order valence-electron chi connectivity index (χ0n) is 18.6. The molecule has 4 rings (SSSR count). The Morgan fingerprint density at radius 2 is 1.32 bits per heavy atom. The van der Waals surface area contributed by atoms with Crippen molar-refractivity contribution in [2.24, 2.45) is 0 Å². The highest BCUT2D eigenvalue weighted by Gasteiger charge is 2.21.